The van der Waals surface area contributed by atoms with Crippen LogP contribution in [0.15, 0.2) is 36.4 Å². The lowest BCUT2D eigenvalue weighted by Crippen LogP contribution is -2.35. The van der Waals surface area contributed by atoms with Gasteiger partial charge in [-0.3, -0.25) is 9.59 Å². The molecular formula is C28H37ClN2O3. The van der Waals surface area contributed by atoms with Gasteiger partial charge in [0.25, 0.3) is 5.91 Å². The highest BCUT2D eigenvalue weighted by Crippen LogP contribution is 2.18. The van der Waals surface area contributed by atoms with Crippen LogP contribution >= 0.6 is 11.6 Å². The van der Waals surface area contributed by atoms with Crippen LogP contribution in [0, 0.1) is 12.8 Å². The zero-order valence-electron chi connectivity index (χ0n) is 20.6. The van der Waals surface area contributed by atoms with E-state index in [4.69, 9.17) is 16.7 Å². The third kappa shape index (κ3) is 8.30. The van der Waals surface area contributed by atoms with Crippen molar-refractivity contribution in [3.8, 4) is 0 Å². The molecule has 0 saturated heterocycles. The molecule has 2 rings (SSSR count). The Labute approximate surface area is 208 Å². The quantitative estimate of drug-likeness (QED) is 0.423. The standard InChI is InChI=1S/C28H37ClN2O3/c1-5-7-22(8-6-9-27(33)23-11-13-24(29)14-12-23)18-31(4)19-26-20(2)10-15-25(21(26)3)28(34)30-16-17-32/h10-15,19,22,32H,2,5-9,16-18H2,1,3-4H3,(H,30,34)/b26-19+. The van der Waals surface area contributed by atoms with Gasteiger partial charge >= 0.3 is 0 Å². The number of hydrogen-bond acceptors (Lipinski definition) is 4. The van der Waals surface area contributed by atoms with Crippen molar-refractivity contribution in [1.29, 1.82) is 0 Å². The number of nitrogens with zero attached hydrogens (tertiary/aromatic N) is 1. The van der Waals surface area contributed by atoms with E-state index in [1.54, 1.807) is 30.3 Å². The molecule has 0 spiro atoms. The fourth-order valence-electron chi connectivity index (χ4n) is 4.22. The Kier molecular flexibility index (Phi) is 11.3. The van der Waals surface area contributed by atoms with Crippen molar-refractivity contribution in [2.45, 2.75) is 46.0 Å². The molecule has 0 aliphatic carbocycles. The minimum absolute atomic E-state index is 0.0932. The van der Waals surface area contributed by atoms with Gasteiger partial charge in [-0.2, -0.15) is 0 Å². The highest BCUT2D eigenvalue weighted by atomic mass is 35.5. The molecular weight excluding hydrogens is 448 g/mol. The summed E-state index contributed by atoms with van der Waals surface area (Å²) in [5, 5.41) is 14.1. The van der Waals surface area contributed by atoms with Crippen LogP contribution in [0.4, 0.5) is 0 Å². The summed E-state index contributed by atoms with van der Waals surface area (Å²) in [6.07, 6.45) is 6.59. The van der Waals surface area contributed by atoms with E-state index in [9.17, 15) is 9.59 Å². The topological polar surface area (TPSA) is 69.6 Å². The molecule has 1 unspecified atom stereocenters. The zero-order valence-corrected chi connectivity index (χ0v) is 21.3. The van der Waals surface area contributed by atoms with E-state index in [2.05, 4.69) is 29.9 Å². The summed E-state index contributed by atoms with van der Waals surface area (Å²) in [7, 11) is 2.04. The maximum Gasteiger partial charge on any atom is 0.251 e. The molecule has 1 amide bonds. The van der Waals surface area contributed by atoms with E-state index in [0.717, 1.165) is 48.2 Å². The van der Waals surface area contributed by atoms with E-state index in [-0.39, 0.29) is 24.8 Å². The average molecular weight is 485 g/mol. The number of aliphatic hydroxyl groups excluding tert-OH is 1. The van der Waals surface area contributed by atoms with Gasteiger partial charge in [-0.05, 0) is 73.2 Å². The van der Waals surface area contributed by atoms with Crippen molar-refractivity contribution in [2.24, 2.45) is 5.92 Å². The number of benzene rings is 2. The number of halogens is 1. The van der Waals surface area contributed by atoms with Gasteiger partial charge in [0.15, 0.2) is 5.78 Å². The highest BCUT2D eigenvalue weighted by molar-refractivity contribution is 6.30. The smallest absolute Gasteiger partial charge is 0.251 e. The molecule has 2 aromatic rings. The third-order valence-corrected chi connectivity index (χ3v) is 6.27. The molecule has 6 heteroatoms. The van der Waals surface area contributed by atoms with Crippen LogP contribution in [0.3, 0.4) is 0 Å². The molecule has 5 nitrogen and oxygen atoms in total. The maximum absolute atomic E-state index is 12.5. The fourth-order valence-corrected chi connectivity index (χ4v) is 4.35. The van der Waals surface area contributed by atoms with Crippen LogP contribution in [0.25, 0.3) is 12.8 Å². The molecule has 0 aliphatic rings. The van der Waals surface area contributed by atoms with Crippen molar-refractivity contribution >= 4 is 36.1 Å². The number of Topliss-reactive ketones (excluding diaryl/α,β-unsaturated/α-hetero) is 1. The molecule has 0 bridgehead atoms. The molecule has 0 fully saturated rings. The second kappa shape index (κ2) is 13.9. The van der Waals surface area contributed by atoms with Gasteiger partial charge in [0.1, 0.15) is 0 Å². The Morgan fingerprint density at radius 1 is 1.18 bits per heavy atom. The molecule has 34 heavy (non-hydrogen) atoms. The van der Waals surface area contributed by atoms with Gasteiger partial charge in [0.05, 0.1) is 6.61 Å². The zero-order chi connectivity index (χ0) is 25.1. The van der Waals surface area contributed by atoms with Crippen LogP contribution in [-0.4, -0.2) is 48.4 Å². The lowest BCUT2D eigenvalue weighted by molar-refractivity contribution is 0.0942. The molecule has 2 aromatic carbocycles. The number of hydrogen-bond donors (Lipinski definition) is 2. The van der Waals surface area contributed by atoms with Crippen LogP contribution < -0.4 is 15.8 Å². The van der Waals surface area contributed by atoms with Gasteiger partial charge in [-0.25, -0.2) is 0 Å². The maximum atomic E-state index is 12.5. The van der Waals surface area contributed by atoms with Gasteiger partial charge in [-0.15, -0.1) is 0 Å². The number of aliphatic hydroxyl groups is 1. The summed E-state index contributed by atoms with van der Waals surface area (Å²) >= 11 is 5.92. The van der Waals surface area contributed by atoms with Crippen LogP contribution in [0.2, 0.25) is 5.02 Å². The Morgan fingerprint density at radius 3 is 2.53 bits per heavy atom. The van der Waals surface area contributed by atoms with Crippen molar-refractivity contribution < 1.29 is 14.7 Å². The summed E-state index contributed by atoms with van der Waals surface area (Å²) in [6.45, 7) is 9.24. The Hall–Kier alpha value is -2.63. The van der Waals surface area contributed by atoms with Crippen molar-refractivity contribution in [3.05, 3.63) is 68.5 Å². The number of ketones is 1. The molecule has 0 radical (unpaired) electrons. The molecule has 0 saturated carbocycles. The molecule has 0 aromatic heterocycles. The summed E-state index contributed by atoms with van der Waals surface area (Å²) in [5.41, 5.74) is 2.17. The van der Waals surface area contributed by atoms with E-state index >= 15 is 0 Å². The summed E-state index contributed by atoms with van der Waals surface area (Å²) in [5.74, 6) is 0.424. The Bertz CT molecular complexity index is 1070. The molecule has 0 heterocycles. The van der Waals surface area contributed by atoms with Gasteiger partial charge in [0, 0.05) is 54.1 Å². The molecule has 184 valence electrons. The van der Waals surface area contributed by atoms with E-state index in [0.29, 0.717) is 28.5 Å². The minimum Gasteiger partial charge on any atom is -0.395 e. The fraction of sp³-hybridized carbons (Fsp3) is 0.429. The molecule has 0 aliphatic heterocycles. The first-order valence-corrected chi connectivity index (χ1v) is 12.3. The monoisotopic (exact) mass is 484 g/mol. The predicted molar refractivity (Wildman–Crippen MR) is 140 cm³/mol. The number of rotatable bonds is 13. The van der Waals surface area contributed by atoms with Crippen LogP contribution in [0.5, 0.6) is 0 Å². The number of nitrogens with one attached hydrogen (secondary N) is 1. The first-order chi connectivity index (χ1) is 16.3. The van der Waals surface area contributed by atoms with Gasteiger partial charge in [-0.1, -0.05) is 37.6 Å². The minimum atomic E-state index is -0.196. The van der Waals surface area contributed by atoms with Crippen molar-refractivity contribution in [3.63, 3.8) is 0 Å². The summed E-state index contributed by atoms with van der Waals surface area (Å²) < 4.78 is 0. The highest BCUT2D eigenvalue weighted by Gasteiger charge is 2.13. The summed E-state index contributed by atoms with van der Waals surface area (Å²) in [6, 6.07) is 10.7. The van der Waals surface area contributed by atoms with Crippen molar-refractivity contribution in [1.82, 2.24) is 10.2 Å². The molecule has 2 N–H and O–H groups in total. The Morgan fingerprint density at radius 2 is 1.88 bits per heavy atom. The first-order valence-electron chi connectivity index (χ1n) is 11.9. The van der Waals surface area contributed by atoms with Gasteiger partial charge in [0.2, 0.25) is 0 Å². The lowest BCUT2D eigenvalue weighted by atomic mass is 9.94. The lowest BCUT2D eigenvalue weighted by Gasteiger charge is -2.23. The van der Waals surface area contributed by atoms with Crippen LogP contribution in [-0.2, 0) is 0 Å². The SMILES string of the molecule is C=c1ccc(C(=O)NCCO)c(C)/c1=C/N(C)CC(CCC)CCCC(=O)c1ccc(Cl)cc1. The predicted octanol–water partition coefficient (Wildman–Crippen LogP) is 3.92. The van der Waals surface area contributed by atoms with E-state index in [1.165, 1.54) is 0 Å². The largest absolute Gasteiger partial charge is 0.395 e. The average Bonchev–Trinajstić information content (AvgIpc) is 2.80. The number of carbonyl (C=O) groups excluding carboxylic acids is 2. The first kappa shape index (κ1) is 27.6. The van der Waals surface area contributed by atoms with Gasteiger partial charge < -0.3 is 15.3 Å². The number of carbonyl (C=O) groups is 2. The van der Waals surface area contributed by atoms with E-state index in [1.807, 2.05) is 20.0 Å². The van der Waals surface area contributed by atoms with E-state index < -0.39 is 0 Å². The summed E-state index contributed by atoms with van der Waals surface area (Å²) in [4.78, 5) is 27.1. The van der Waals surface area contributed by atoms with Crippen LogP contribution in [0.1, 0.15) is 65.3 Å². The second-order valence-corrected chi connectivity index (χ2v) is 9.27. The van der Waals surface area contributed by atoms with Crippen molar-refractivity contribution in [2.75, 3.05) is 26.7 Å². The second-order valence-electron chi connectivity index (χ2n) is 8.84. The Balaban J connectivity index is 2.05. The normalized spacial score (nSPS) is 12.4. The number of amides is 1. The molecule has 1 atom stereocenters. The third-order valence-electron chi connectivity index (χ3n) is 6.02.